The summed E-state index contributed by atoms with van der Waals surface area (Å²) in [6, 6.07) is 11.7. The molecule has 1 heterocycles. The van der Waals surface area contributed by atoms with Gasteiger partial charge in [-0.3, -0.25) is 10.1 Å². The first kappa shape index (κ1) is 14.4. The second-order valence-corrected chi connectivity index (χ2v) is 5.55. The smallest absolute Gasteiger partial charge is 0.250 e. The van der Waals surface area contributed by atoms with E-state index in [1.165, 1.54) is 11.6 Å². The number of thiophene rings is 1. The molecular weight excluding hydrogens is 288 g/mol. The highest BCUT2D eigenvalue weighted by Gasteiger charge is 2.01. The van der Waals surface area contributed by atoms with Crippen LogP contribution >= 0.6 is 23.6 Å². The highest BCUT2D eigenvalue weighted by molar-refractivity contribution is 7.80. The molecule has 3 nitrogen and oxygen atoms in total. The van der Waals surface area contributed by atoms with Crippen LogP contribution in [0, 0.1) is 6.92 Å². The fourth-order valence-corrected chi connectivity index (χ4v) is 2.33. The first-order valence-electron chi connectivity index (χ1n) is 6.04. The second kappa shape index (κ2) is 6.98. The van der Waals surface area contributed by atoms with E-state index in [0.29, 0.717) is 0 Å². The van der Waals surface area contributed by atoms with E-state index in [0.717, 1.165) is 10.6 Å². The molecule has 0 aliphatic rings. The van der Waals surface area contributed by atoms with E-state index in [2.05, 4.69) is 10.6 Å². The predicted molar refractivity (Wildman–Crippen MR) is 88.9 cm³/mol. The summed E-state index contributed by atoms with van der Waals surface area (Å²) in [7, 11) is 0. The SMILES string of the molecule is Cc1ccc(NC(=S)NC(=O)C=Cc2cccs2)cc1. The van der Waals surface area contributed by atoms with Crippen molar-refractivity contribution >= 4 is 46.3 Å². The van der Waals surface area contributed by atoms with Gasteiger partial charge in [0.15, 0.2) is 5.11 Å². The van der Waals surface area contributed by atoms with E-state index in [1.54, 1.807) is 17.4 Å². The third-order valence-electron chi connectivity index (χ3n) is 2.49. The van der Waals surface area contributed by atoms with Crippen molar-refractivity contribution in [2.75, 3.05) is 5.32 Å². The molecule has 0 radical (unpaired) electrons. The molecule has 0 saturated heterocycles. The number of benzene rings is 1. The summed E-state index contributed by atoms with van der Waals surface area (Å²) in [6.45, 7) is 2.01. The van der Waals surface area contributed by atoms with Gasteiger partial charge in [-0.15, -0.1) is 11.3 Å². The molecule has 20 heavy (non-hydrogen) atoms. The normalized spacial score (nSPS) is 10.4. The van der Waals surface area contributed by atoms with Crippen molar-refractivity contribution in [2.24, 2.45) is 0 Å². The van der Waals surface area contributed by atoms with Crippen LogP contribution in [0.15, 0.2) is 47.9 Å². The van der Waals surface area contributed by atoms with Gasteiger partial charge in [0.2, 0.25) is 5.91 Å². The average Bonchev–Trinajstić information content (AvgIpc) is 2.92. The molecule has 5 heteroatoms. The van der Waals surface area contributed by atoms with E-state index >= 15 is 0 Å². The van der Waals surface area contributed by atoms with Crippen LogP contribution in [-0.2, 0) is 4.79 Å². The quantitative estimate of drug-likeness (QED) is 0.672. The van der Waals surface area contributed by atoms with Crippen molar-refractivity contribution in [1.82, 2.24) is 5.32 Å². The van der Waals surface area contributed by atoms with E-state index in [4.69, 9.17) is 12.2 Å². The minimum absolute atomic E-state index is 0.247. The fourth-order valence-electron chi connectivity index (χ4n) is 1.50. The van der Waals surface area contributed by atoms with E-state index < -0.39 is 0 Å². The molecule has 0 atom stereocenters. The molecule has 0 unspecified atom stereocenters. The molecule has 0 spiro atoms. The minimum atomic E-state index is -0.247. The minimum Gasteiger partial charge on any atom is -0.332 e. The van der Waals surface area contributed by atoms with Gasteiger partial charge in [-0.05, 0) is 48.8 Å². The maximum absolute atomic E-state index is 11.7. The summed E-state index contributed by atoms with van der Waals surface area (Å²) >= 11 is 6.66. The molecule has 1 aromatic heterocycles. The Morgan fingerprint density at radius 3 is 2.65 bits per heavy atom. The number of amides is 1. The van der Waals surface area contributed by atoms with Crippen LogP contribution < -0.4 is 10.6 Å². The molecule has 0 aliphatic heterocycles. The molecule has 2 N–H and O–H groups in total. The number of nitrogens with one attached hydrogen (secondary N) is 2. The van der Waals surface area contributed by atoms with Crippen molar-refractivity contribution in [3.8, 4) is 0 Å². The Morgan fingerprint density at radius 2 is 2.00 bits per heavy atom. The standard InChI is InChI=1S/C15H14N2OS2/c1-11-4-6-12(7-5-11)16-15(19)17-14(18)9-8-13-3-2-10-20-13/h2-10H,1H3,(H2,16,17,18,19). The van der Waals surface area contributed by atoms with E-state index in [9.17, 15) is 4.79 Å². The Kier molecular flexibility index (Phi) is 5.03. The second-order valence-electron chi connectivity index (χ2n) is 4.16. The van der Waals surface area contributed by atoms with Crippen molar-refractivity contribution < 1.29 is 4.79 Å². The third-order valence-corrected chi connectivity index (χ3v) is 3.53. The number of thiocarbonyl (C=S) groups is 1. The number of hydrogen-bond donors (Lipinski definition) is 2. The third kappa shape index (κ3) is 4.60. The first-order chi connectivity index (χ1) is 9.63. The van der Waals surface area contributed by atoms with Gasteiger partial charge in [-0.1, -0.05) is 23.8 Å². The Hall–Kier alpha value is -1.98. The fraction of sp³-hybridized carbons (Fsp3) is 0.0667. The van der Waals surface area contributed by atoms with Crippen LogP contribution in [0.25, 0.3) is 6.08 Å². The lowest BCUT2D eigenvalue weighted by Crippen LogP contribution is -2.32. The van der Waals surface area contributed by atoms with Crippen LogP contribution in [-0.4, -0.2) is 11.0 Å². The van der Waals surface area contributed by atoms with Gasteiger partial charge in [0.05, 0.1) is 0 Å². The Labute approximate surface area is 127 Å². The summed E-state index contributed by atoms with van der Waals surface area (Å²) < 4.78 is 0. The number of aryl methyl sites for hydroxylation is 1. The number of anilines is 1. The van der Waals surface area contributed by atoms with Crippen molar-refractivity contribution in [1.29, 1.82) is 0 Å². The van der Waals surface area contributed by atoms with Gasteiger partial charge < -0.3 is 5.32 Å². The van der Waals surface area contributed by atoms with Crippen molar-refractivity contribution in [3.05, 3.63) is 58.3 Å². The van der Waals surface area contributed by atoms with Crippen LogP contribution in [0.4, 0.5) is 5.69 Å². The number of hydrogen-bond acceptors (Lipinski definition) is 3. The zero-order chi connectivity index (χ0) is 14.4. The van der Waals surface area contributed by atoms with E-state index in [-0.39, 0.29) is 11.0 Å². The summed E-state index contributed by atoms with van der Waals surface area (Å²) in [5.74, 6) is -0.247. The summed E-state index contributed by atoms with van der Waals surface area (Å²) in [6.07, 6.45) is 3.23. The monoisotopic (exact) mass is 302 g/mol. The predicted octanol–water partition coefficient (Wildman–Crippen LogP) is 3.58. The molecule has 2 aromatic rings. The zero-order valence-electron chi connectivity index (χ0n) is 10.9. The van der Waals surface area contributed by atoms with Gasteiger partial charge in [-0.25, -0.2) is 0 Å². The molecular formula is C15H14N2OS2. The zero-order valence-corrected chi connectivity index (χ0v) is 12.6. The topological polar surface area (TPSA) is 41.1 Å². The van der Waals surface area contributed by atoms with Crippen LogP contribution in [0.1, 0.15) is 10.4 Å². The number of rotatable bonds is 3. The first-order valence-corrected chi connectivity index (χ1v) is 7.32. The molecule has 0 fully saturated rings. The highest BCUT2D eigenvalue weighted by atomic mass is 32.1. The van der Waals surface area contributed by atoms with Gasteiger partial charge in [0.25, 0.3) is 0 Å². The Bertz CT molecular complexity index is 616. The molecule has 2 rings (SSSR count). The number of carbonyl (C=O) groups is 1. The van der Waals surface area contributed by atoms with Gasteiger partial charge in [0, 0.05) is 16.6 Å². The molecule has 0 bridgehead atoms. The van der Waals surface area contributed by atoms with Crippen molar-refractivity contribution in [2.45, 2.75) is 6.92 Å². The highest BCUT2D eigenvalue weighted by Crippen LogP contribution is 2.10. The Morgan fingerprint density at radius 1 is 1.25 bits per heavy atom. The lowest BCUT2D eigenvalue weighted by atomic mass is 10.2. The number of carbonyl (C=O) groups excluding carboxylic acids is 1. The summed E-state index contributed by atoms with van der Waals surface area (Å²) in [5, 5.41) is 7.81. The molecule has 102 valence electrons. The van der Waals surface area contributed by atoms with E-state index in [1.807, 2.05) is 48.7 Å². The largest absolute Gasteiger partial charge is 0.332 e. The maximum Gasteiger partial charge on any atom is 0.250 e. The summed E-state index contributed by atoms with van der Waals surface area (Å²) in [4.78, 5) is 12.7. The lowest BCUT2D eigenvalue weighted by Gasteiger charge is -2.08. The molecule has 0 saturated carbocycles. The van der Waals surface area contributed by atoms with Crippen LogP contribution in [0.2, 0.25) is 0 Å². The molecule has 0 aliphatic carbocycles. The van der Waals surface area contributed by atoms with Gasteiger partial charge in [-0.2, -0.15) is 0 Å². The Balaban J connectivity index is 1.85. The summed E-state index contributed by atoms with van der Waals surface area (Å²) in [5.41, 5.74) is 2.02. The van der Waals surface area contributed by atoms with Crippen LogP contribution in [0.5, 0.6) is 0 Å². The molecule has 1 aromatic carbocycles. The lowest BCUT2D eigenvalue weighted by molar-refractivity contribution is -0.115. The van der Waals surface area contributed by atoms with Gasteiger partial charge >= 0.3 is 0 Å². The molecule has 1 amide bonds. The van der Waals surface area contributed by atoms with Crippen LogP contribution in [0.3, 0.4) is 0 Å². The van der Waals surface area contributed by atoms with Gasteiger partial charge in [0.1, 0.15) is 0 Å². The van der Waals surface area contributed by atoms with Crippen molar-refractivity contribution in [3.63, 3.8) is 0 Å². The average molecular weight is 302 g/mol. The maximum atomic E-state index is 11.7.